The van der Waals surface area contributed by atoms with Crippen molar-refractivity contribution in [2.75, 3.05) is 11.1 Å². The number of carbonyl (C=O) groups excluding carboxylic acids is 1. The fraction of sp³-hybridized carbons (Fsp3) is 0.227. The van der Waals surface area contributed by atoms with Gasteiger partial charge in [-0.1, -0.05) is 41.6 Å². The van der Waals surface area contributed by atoms with E-state index < -0.39 is 0 Å². The topological polar surface area (TPSA) is 54.9 Å². The van der Waals surface area contributed by atoms with Crippen LogP contribution in [0.3, 0.4) is 0 Å². The van der Waals surface area contributed by atoms with Crippen molar-refractivity contribution in [1.29, 1.82) is 0 Å². The van der Waals surface area contributed by atoms with Crippen molar-refractivity contribution in [2.24, 2.45) is 0 Å². The second-order valence-electron chi connectivity index (χ2n) is 6.73. The summed E-state index contributed by atoms with van der Waals surface area (Å²) in [6, 6.07) is 16.2. The fourth-order valence-corrected chi connectivity index (χ4v) is 3.36. The molecule has 4 nitrogen and oxygen atoms in total. The molecule has 1 heterocycles. The summed E-state index contributed by atoms with van der Waals surface area (Å²) in [5.41, 5.74) is 7.33. The molecule has 0 aliphatic rings. The Kier molecular flexibility index (Phi) is 5.91. The van der Waals surface area contributed by atoms with Crippen molar-refractivity contribution in [2.45, 2.75) is 32.7 Å². The molecule has 0 unspecified atom stereocenters. The average Bonchev–Trinajstić information content (AvgIpc) is 2.65. The fourth-order valence-electron chi connectivity index (χ4n) is 2.75. The van der Waals surface area contributed by atoms with Gasteiger partial charge in [-0.05, 0) is 68.7 Å². The highest BCUT2D eigenvalue weighted by atomic mass is 32.2. The first-order chi connectivity index (χ1) is 12.9. The van der Waals surface area contributed by atoms with Crippen molar-refractivity contribution < 1.29 is 4.79 Å². The smallest absolute Gasteiger partial charge is 0.234 e. The van der Waals surface area contributed by atoms with E-state index in [1.807, 2.05) is 44.2 Å². The highest BCUT2D eigenvalue weighted by Crippen LogP contribution is 2.24. The quantitative estimate of drug-likeness (QED) is 0.628. The Balaban J connectivity index is 1.62. The zero-order valence-electron chi connectivity index (χ0n) is 16.0. The molecule has 0 bridgehead atoms. The molecule has 1 aromatic heterocycles. The van der Waals surface area contributed by atoms with E-state index in [4.69, 9.17) is 0 Å². The number of hydrogen-bond donors (Lipinski definition) is 1. The number of anilines is 1. The minimum atomic E-state index is -0.0471. The Morgan fingerprint density at radius 1 is 0.889 bits per heavy atom. The maximum Gasteiger partial charge on any atom is 0.234 e. The maximum atomic E-state index is 12.2. The first kappa shape index (κ1) is 19.1. The van der Waals surface area contributed by atoms with Gasteiger partial charge in [-0.2, -0.15) is 0 Å². The number of thioether (sulfide) groups is 1. The van der Waals surface area contributed by atoms with Gasteiger partial charge in [0.05, 0.1) is 11.4 Å². The molecule has 0 saturated carbocycles. The Morgan fingerprint density at radius 3 is 2.30 bits per heavy atom. The summed E-state index contributed by atoms with van der Waals surface area (Å²) < 4.78 is 0. The normalized spacial score (nSPS) is 10.7. The summed E-state index contributed by atoms with van der Waals surface area (Å²) in [6.45, 7) is 8.13. The minimum Gasteiger partial charge on any atom is -0.325 e. The van der Waals surface area contributed by atoms with Crippen LogP contribution in [0.4, 0.5) is 5.69 Å². The monoisotopic (exact) mass is 377 g/mol. The van der Waals surface area contributed by atoms with Crippen LogP contribution in [-0.2, 0) is 4.79 Å². The number of nitrogens with zero attached hydrogens (tertiary/aromatic N) is 2. The van der Waals surface area contributed by atoms with Gasteiger partial charge in [0.15, 0.2) is 0 Å². The molecule has 138 valence electrons. The van der Waals surface area contributed by atoms with Gasteiger partial charge in [0.1, 0.15) is 5.03 Å². The Bertz CT molecular complexity index is 968. The van der Waals surface area contributed by atoms with Crippen LogP contribution in [0.2, 0.25) is 0 Å². The molecule has 27 heavy (non-hydrogen) atoms. The number of amides is 1. The van der Waals surface area contributed by atoms with Crippen molar-refractivity contribution in [3.8, 4) is 11.3 Å². The first-order valence-corrected chi connectivity index (χ1v) is 9.82. The third-order valence-electron chi connectivity index (χ3n) is 4.33. The van der Waals surface area contributed by atoms with Gasteiger partial charge in [0.25, 0.3) is 0 Å². The summed E-state index contributed by atoms with van der Waals surface area (Å²) >= 11 is 1.38. The third kappa shape index (κ3) is 4.95. The predicted octanol–water partition coefficient (Wildman–Crippen LogP) is 5.11. The van der Waals surface area contributed by atoms with E-state index in [9.17, 15) is 4.79 Å². The molecule has 1 amide bonds. The molecule has 3 rings (SSSR count). The summed E-state index contributed by atoms with van der Waals surface area (Å²) in [6.07, 6.45) is 0. The molecule has 0 spiro atoms. The molecule has 0 aliphatic carbocycles. The van der Waals surface area contributed by atoms with Crippen LogP contribution >= 0.6 is 11.8 Å². The lowest BCUT2D eigenvalue weighted by Gasteiger charge is -2.09. The van der Waals surface area contributed by atoms with E-state index in [2.05, 4.69) is 47.6 Å². The highest BCUT2D eigenvalue weighted by molar-refractivity contribution is 7.99. The number of nitrogens with one attached hydrogen (secondary N) is 1. The summed E-state index contributed by atoms with van der Waals surface area (Å²) in [5.74, 6) is 0.249. The average molecular weight is 378 g/mol. The highest BCUT2D eigenvalue weighted by Gasteiger charge is 2.09. The zero-order chi connectivity index (χ0) is 19.4. The van der Waals surface area contributed by atoms with Crippen LogP contribution in [0.25, 0.3) is 11.3 Å². The Hall–Kier alpha value is -2.66. The molecular weight excluding hydrogens is 354 g/mol. The lowest BCUT2D eigenvalue weighted by atomic mass is 10.0. The number of hydrogen-bond acceptors (Lipinski definition) is 4. The van der Waals surface area contributed by atoms with Crippen LogP contribution in [0.15, 0.2) is 53.6 Å². The second kappa shape index (κ2) is 8.35. The molecule has 0 fully saturated rings. The van der Waals surface area contributed by atoms with Crippen molar-refractivity contribution in [3.05, 3.63) is 70.8 Å². The van der Waals surface area contributed by atoms with Gasteiger partial charge in [-0.25, -0.2) is 0 Å². The third-order valence-corrected chi connectivity index (χ3v) is 5.25. The molecule has 2 aromatic carbocycles. The van der Waals surface area contributed by atoms with Crippen LogP contribution in [0, 0.1) is 27.7 Å². The molecule has 5 heteroatoms. The summed E-state index contributed by atoms with van der Waals surface area (Å²) in [4.78, 5) is 12.2. The molecule has 3 aromatic rings. The van der Waals surface area contributed by atoms with E-state index in [0.29, 0.717) is 5.75 Å². The van der Waals surface area contributed by atoms with Crippen LogP contribution in [0.1, 0.15) is 22.3 Å². The first-order valence-electron chi connectivity index (χ1n) is 8.83. The lowest BCUT2D eigenvalue weighted by molar-refractivity contribution is -0.113. The zero-order valence-corrected chi connectivity index (χ0v) is 16.9. The minimum absolute atomic E-state index is 0.0471. The number of aryl methyl sites for hydroxylation is 4. The standard InChI is InChI=1S/C22H23N3OS/c1-14-5-7-16(3)18(11-14)19-9-10-22(25-24-19)27-13-21(26)23-20-12-15(2)6-8-17(20)4/h5-12H,13H2,1-4H3,(H,23,26). The molecular formula is C22H23N3OS. The lowest BCUT2D eigenvalue weighted by Crippen LogP contribution is -2.15. The van der Waals surface area contributed by atoms with Crippen LogP contribution < -0.4 is 5.32 Å². The van der Waals surface area contributed by atoms with E-state index in [-0.39, 0.29) is 5.91 Å². The number of aromatic nitrogens is 2. The van der Waals surface area contributed by atoms with Crippen molar-refractivity contribution in [3.63, 3.8) is 0 Å². The van der Waals surface area contributed by atoms with Gasteiger partial charge in [-0.3, -0.25) is 4.79 Å². The second-order valence-corrected chi connectivity index (χ2v) is 7.73. The largest absolute Gasteiger partial charge is 0.325 e. The van der Waals surface area contributed by atoms with E-state index >= 15 is 0 Å². The van der Waals surface area contributed by atoms with E-state index in [1.54, 1.807) is 0 Å². The molecule has 0 radical (unpaired) electrons. The summed E-state index contributed by atoms with van der Waals surface area (Å²) in [5, 5.41) is 12.3. The van der Waals surface area contributed by atoms with Crippen molar-refractivity contribution in [1.82, 2.24) is 10.2 Å². The maximum absolute atomic E-state index is 12.2. The predicted molar refractivity (Wildman–Crippen MR) is 112 cm³/mol. The van der Waals surface area contributed by atoms with E-state index in [0.717, 1.165) is 33.1 Å². The molecule has 0 atom stereocenters. The van der Waals surface area contributed by atoms with Gasteiger partial charge in [-0.15, -0.1) is 10.2 Å². The van der Waals surface area contributed by atoms with Crippen molar-refractivity contribution >= 4 is 23.4 Å². The van der Waals surface area contributed by atoms with E-state index in [1.165, 1.54) is 22.9 Å². The number of carbonyl (C=O) groups is 1. The number of benzene rings is 2. The van der Waals surface area contributed by atoms with Crippen LogP contribution in [0.5, 0.6) is 0 Å². The SMILES string of the molecule is Cc1ccc(C)c(NC(=O)CSc2ccc(-c3cc(C)ccc3C)nn2)c1. The van der Waals surface area contributed by atoms with Gasteiger partial charge in [0, 0.05) is 11.3 Å². The molecule has 0 saturated heterocycles. The Labute approximate surface area is 164 Å². The van der Waals surface area contributed by atoms with Crippen LogP contribution in [-0.4, -0.2) is 21.9 Å². The molecule has 1 N–H and O–H groups in total. The number of rotatable bonds is 5. The Morgan fingerprint density at radius 2 is 1.59 bits per heavy atom. The van der Waals surface area contributed by atoms with Gasteiger partial charge in [0.2, 0.25) is 5.91 Å². The van der Waals surface area contributed by atoms with Gasteiger partial charge < -0.3 is 5.32 Å². The summed E-state index contributed by atoms with van der Waals surface area (Å²) in [7, 11) is 0. The van der Waals surface area contributed by atoms with Gasteiger partial charge >= 0.3 is 0 Å². The molecule has 0 aliphatic heterocycles.